The molecule has 1 atom stereocenters. The Bertz CT molecular complexity index is 1400. The number of phenols is 1. The summed E-state index contributed by atoms with van der Waals surface area (Å²) in [4.78, 5) is 15.1. The van der Waals surface area contributed by atoms with Crippen molar-refractivity contribution in [2.45, 2.75) is 26.4 Å². The number of fused-ring (bicyclic) bond motifs is 1. The Morgan fingerprint density at radius 3 is 2.55 bits per heavy atom. The Balaban J connectivity index is 1.71. The number of aromatic nitrogens is 2. The Hall–Kier alpha value is -3.64. The number of hydrogen-bond acceptors (Lipinski definition) is 3. The molecule has 1 aromatic heterocycles. The number of benzene rings is 3. The monoisotopic (exact) mass is 461 g/mol. The lowest BCUT2D eigenvalue weighted by atomic mass is 9.94. The number of aromatic hydroxyl groups is 1. The second-order valence-electron chi connectivity index (χ2n) is 8.26. The highest BCUT2D eigenvalue weighted by Gasteiger charge is 2.43. The van der Waals surface area contributed by atoms with Crippen molar-refractivity contribution in [1.82, 2.24) is 15.1 Å². The van der Waals surface area contributed by atoms with Gasteiger partial charge in [-0.25, -0.2) is 4.39 Å². The minimum Gasteiger partial charge on any atom is -0.507 e. The van der Waals surface area contributed by atoms with E-state index >= 15 is 4.39 Å². The van der Waals surface area contributed by atoms with E-state index in [1.54, 1.807) is 35.2 Å². The number of hydrogen-bond donors (Lipinski definition) is 2. The van der Waals surface area contributed by atoms with Crippen molar-refractivity contribution in [2.24, 2.45) is 0 Å². The molecular weight excluding hydrogens is 441 g/mol. The molecule has 2 heterocycles. The molecule has 5 rings (SSSR count). The Labute approximate surface area is 195 Å². The van der Waals surface area contributed by atoms with Gasteiger partial charge in [0.25, 0.3) is 5.91 Å². The normalized spacial score (nSPS) is 15.2. The highest BCUT2D eigenvalue weighted by atomic mass is 35.5. The standard InChI is InChI=1S/C26H21ClFN3O2/c1-14-11-18(21(32)12-15(14)2)23-22-24(30-29-23)26(33)31(13-16-7-3-5-9-19(16)27)25(22)17-8-4-6-10-20(17)28/h3-12,25,32H,13H2,1-2H3,(H,29,30)/t25-/m1/s1. The molecule has 0 fully saturated rings. The van der Waals surface area contributed by atoms with Crippen molar-refractivity contribution in [1.29, 1.82) is 0 Å². The second kappa shape index (κ2) is 8.05. The fraction of sp³-hybridized carbons (Fsp3) is 0.154. The minimum absolute atomic E-state index is 0.0525. The molecule has 5 nitrogen and oxygen atoms in total. The van der Waals surface area contributed by atoms with Crippen LogP contribution < -0.4 is 0 Å². The molecule has 2 N–H and O–H groups in total. The van der Waals surface area contributed by atoms with Gasteiger partial charge in [0.1, 0.15) is 23.0 Å². The predicted octanol–water partition coefficient (Wildman–Crippen LogP) is 5.94. The number of nitrogens with one attached hydrogen (secondary N) is 1. The zero-order chi connectivity index (χ0) is 23.3. The Morgan fingerprint density at radius 1 is 1.09 bits per heavy atom. The summed E-state index contributed by atoms with van der Waals surface area (Å²) in [7, 11) is 0. The Kier molecular flexibility index (Phi) is 5.17. The molecule has 0 spiro atoms. The highest BCUT2D eigenvalue weighted by molar-refractivity contribution is 6.31. The molecule has 0 saturated carbocycles. The number of nitrogens with zero attached hydrogens (tertiary/aromatic N) is 2. The van der Waals surface area contributed by atoms with E-state index in [2.05, 4.69) is 10.2 Å². The van der Waals surface area contributed by atoms with Gasteiger partial charge in [-0.15, -0.1) is 0 Å². The van der Waals surface area contributed by atoms with Crippen molar-refractivity contribution < 1.29 is 14.3 Å². The third-order valence-electron chi connectivity index (χ3n) is 6.23. The summed E-state index contributed by atoms with van der Waals surface area (Å²) < 4.78 is 15.0. The van der Waals surface area contributed by atoms with E-state index in [1.807, 2.05) is 38.1 Å². The second-order valence-corrected chi connectivity index (χ2v) is 8.67. The highest BCUT2D eigenvalue weighted by Crippen LogP contribution is 2.46. The van der Waals surface area contributed by atoms with Crippen LogP contribution in [0.5, 0.6) is 5.75 Å². The van der Waals surface area contributed by atoms with Crippen LogP contribution in [0.4, 0.5) is 4.39 Å². The molecule has 166 valence electrons. The van der Waals surface area contributed by atoms with Crippen molar-refractivity contribution in [3.63, 3.8) is 0 Å². The van der Waals surface area contributed by atoms with Crippen LogP contribution in [0.25, 0.3) is 11.3 Å². The first-order valence-electron chi connectivity index (χ1n) is 10.5. The molecular formula is C26H21ClFN3O2. The molecule has 0 unspecified atom stereocenters. The summed E-state index contributed by atoms with van der Waals surface area (Å²) >= 11 is 6.38. The molecule has 7 heteroatoms. The predicted molar refractivity (Wildman–Crippen MR) is 125 cm³/mol. The van der Waals surface area contributed by atoms with Gasteiger partial charge in [-0.1, -0.05) is 48.0 Å². The van der Waals surface area contributed by atoms with Gasteiger partial charge in [0.05, 0.1) is 6.04 Å². The maximum atomic E-state index is 15.0. The summed E-state index contributed by atoms with van der Waals surface area (Å²) in [6, 6.07) is 16.4. The van der Waals surface area contributed by atoms with E-state index in [0.717, 1.165) is 16.7 Å². The number of aromatic amines is 1. The number of aryl methyl sites for hydroxylation is 2. The number of rotatable bonds is 4. The average molecular weight is 462 g/mol. The number of halogens is 2. The largest absolute Gasteiger partial charge is 0.507 e. The quantitative estimate of drug-likeness (QED) is 0.395. The van der Waals surface area contributed by atoms with E-state index in [1.165, 1.54) is 6.07 Å². The topological polar surface area (TPSA) is 69.2 Å². The van der Waals surface area contributed by atoms with Crippen molar-refractivity contribution >= 4 is 17.5 Å². The SMILES string of the molecule is Cc1cc(O)c(-c2n[nH]c3c2[C@@H](c2ccccc2F)N(Cc2ccccc2Cl)C3=O)cc1C. The third kappa shape index (κ3) is 3.47. The van der Waals surface area contributed by atoms with Crippen LogP contribution >= 0.6 is 11.6 Å². The summed E-state index contributed by atoms with van der Waals surface area (Å²) in [5.41, 5.74) is 4.74. The van der Waals surface area contributed by atoms with Gasteiger partial charge < -0.3 is 10.0 Å². The first-order valence-corrected chi connectivity index (χ1v) is 10.9. The van der Waals surface area contributed by atoms with Gasteiger partial charge in [0.2, 0.25) is 0 Å². The lowest BCUT2D eigenvalue weighted by molar-refractivity contribution is 0.0728. The van der Waals surface area contributed by atoms with Gasteiger partial charge in [0, 0.05) is 28.3 Å². The molecule has 0 aliphatic carbocycles. The van der Waals surface area contributed by atoms with Gasteiger partial charge in [0.15, 0.2) is 0 Å². The fourth-order valence-electron chi connectivity index (χ4n) is 4.39. The van der Waals surface area contributed by atoms with Crippen molar-refractivity contribution in [3.8, 4) is 17.0 Å². The van der Waals surface area contributed by atoms with Crippen molar-refractivity contribution in [2.75, 3.05) is 0 Å². The maximum absolute atomic E-state index is 15.0. The summed E-state index contributed by atoms with van der Waals surface area (Å²) in [5.74, 6) is -0.680. The number of carbonyl (C=O) groups is 1. The maximum Gasteiger partial charge on any atom is 0.273 e. The van der Waals surface area contributed by atoms with E-state index in [-0.39, 0.29) is 23.9 Å². The molecule has 0 saturated heterocycles. The molecule has 0 bridgehead atoms. The lowest BCUT2D eigenvalue weighted by Gasteiger charge is -2.27. The molecule has 33 heavy (non-hydrogen) atoms. The van der Waals surface area contributed by atoms with Gasteiger partial charge in [-0.05, 0) is 54.8 Å². The minimum atomic E-state index is -0.736. The fourth-order valence-corrected chi connectivity index (χ4v) is 4.58. The van der Waals surface area contributed by atoms with Gasteiger partial charge >= 0.3 is 0 Å². The first-order chi connectivity index (χ1) is 15.9. The summed E-state index contributed by atoms with van der Waals surface area (Å²) in [6.07, 6.45) is 0. The van der Waals surface area contributed by atoms with Gasteiger partial charge in [-0.2, -0.15) is 5.10 Å². The molecule has 1 aliphatic rings. The lowest BCUT2D eigenvalue weighted by Crippen LogP contribution is -2.29. The van der Waals surface area contributed by atoms with E-state index in [9.17, 15) is 9.90 Å². The molecule has 1 aliphatic heterocycles. The number of amides is 1. The number of carbonyl (C=O) groups excluding carboxylic acids is 1. The average Bonchev–Trinajstić information content (AvgIpc) is 3.32. The van der Waals surface area contributed by atoms with E-state index in [0.29, 0.717) is 27.4 Å². The smallest absolute Gasteiger partial charge is 0.273 e. The van der Waals surface area contributed by atoms with Crippen LogP contribution in [-0.4, -0.2) is 26.1 Å². The van der Waals surface area contributed by atoms with Gasteiger partial charge in [-0.3, -0.25) is 9.89 Å². The molecule has 3 aromatic carbocycles. The molecule has 0 radical (unpaired) electrons. The molecule has 4 aromatic rings. The van der Waals surface area contributed by atoms with Crippen LogP contribution in [0.2, 0.25) is 5.02 Å². The van der Waals surface area contributed by atoms with Crippen LogP contribution in [0.3, 0.4) is 0 Å². The van der Waals surface area contributed by atoms with Crippen LogP contribution in [0, 0.1) is 19.7 Å². The summed E-state index contributed by atoms with van der Waals surface area (Å²) in [6.45, 7) is 4.04. The van der Waals surface area contributed by atoms with Crippen LogP contribution in [0.1, 0.15) is 44.3 Å². The number of phenolic OH excluding ortho intramolecular Hbond substituents is 1. The van der Waals surface area contributed by atoms with Crippen LogP contribution in [0.15, 0.2) is 60.7 Å². The third-order valence-corrected chi connectivity index (χ3v) is 6.60. The van der Waals surface area contributed by atoms with Crippen molar-refractivity contribution in [3.05, 3.63) is 105 Å². The zero-order valence-electron chi connectivity index (χ0n) is 18.1. The zero-order valence-corrected chi connectivity index (χ0v) is 18.8. The van der Waals surface area contributed by atoms with E-state index < -0.39 is 11.9 Å². The summed E-state index contributed by atoms with van der Waals surface area (Å²) in [5, 5.41) is 18.4. The Morgan fingerprint density at radius 2 is 1.79 bits per heavy atom. The molecule has 1 amide bonds. The first kappa shape index (κ1) is 21.2. The van der Waals surface area contributed by atoms with E-state index in [4.69, 9.17) is 11.6 Å². The number of H-pyrrole nitrogens is 1. The van der Waals surface area contributed by atoms with Crippen LogP contribution in [-0.2, 0) is 6.54 Å².